The second kappa shape index (κ2) is 8.97. The fourth-order valence-corrected chi connectivity index (χ4v) is 3.83. The van der Waals surface area contributed by atoms with E-state index in [4.69, 9.17) is 0 Å². The van der Waals surface area contributed by atoms with E-state index in [-0.39, 0.29) is 12.5 Å². The normalized spacial score (nSPS) is 11.2. The van der Waals surface area contributed by atoms with Gasteiger partial charge in [0.05, 0.1) is 17.9 Å². The summed E-state index contributed by atoms with van der Waals surface area (Å²) < 4.78 is 0. The maximum absolute atomic E-state index is 13.0. The van der Waals surface area contributed by atoms with Crippen LogP contribution in [0.25, 0.3) is 21.5 Å². The van der Waals surface area contributed by atoms with E-state index >= 15 is 0 Å². The van der Waals surface area contributed by atoms with Gasteiger partial charge < -0.3 is 10.7 Å². The summed E-state index contributed by atoms with van der Waals surface area (Å²) in [5.41, 5.74) is 6.49. The number of nitrogens with one attached hydrogen (secondary N) is 2. The molecule has 4 heteroatoms. The van der Waals surface area contributed by atoms with Gasteiger partial charge in [-0.2, -0.15) is 0 Å². The minimum absolute atomic E-state index is 0.0318. The first-order valence-corrected chi connectivity index (χ1v) is 10.5. The summed E-state index contributed by atoms with van der Waals surface area (Å²) >= 11 is 0. The Morgan fingerprint density at radius 3 is 2.20 bits per heavy atom. The largest absolute Gasteiger partial charge is 0.324 e. The number of hydrogen-bond donors (Lipinski definition) is 2. The molecular formula is C26H27N3O. The Labute approximate surface area is 177 Å². The summed E-state index contributed by atoms with van der Waals surface area (Å²) in [6.45, 7) is 5.11. The lowest BCUT2D eigenvalue weighted by molar-refractivity contribution is -0.117. The van der Waals surface area contributed by atoms with Gasteiger partial charge in [0.25, 0.3) is 0 Å². The van der Waals surface area contributed by atoms with Gasteiger partial charge in [0.15, 0.2) is 0 Å². The van der Waals surface area contributed by atoms with Gasteiger partial charge in [-0.15, -0.1) is 0 Å². The van der Waals surface area contributed by atoms with Crippen LogP contribution in [-0.2, 0) is 11.2 Å². The van der Waals surface area contributed by atoms with Crippen molar-refractivity contribution < 1.29 is 4.79 Å². The van der Waals surface area contributed by atoms with E-state index in [1.807, 2.05) is 48.3 Å². The average Bonchev–Trinajstić information content (AvgIpc) is 2.79. The molecule has 4 aromatic rings. The van der Waals surface area contributed by atoms with E-state index in [2.05, 4.69) is 60.1 Å². The molecule has 0 aromatic heterocycles. The number of hydrogen-bond acceptors (Lipinski definition) is 3. The van der Waals surface area contributed by atoms with Crippen molar-refractivity contribution in [3.8, 4) is 0 Å². The molecule has 0 heterocycles. The first kappa shape index (κ1) is 19.9. The molecule has 152 valence electrons. The molecule has 4 aromatic carbocycles. The Hall–Kier alpha value is -3.37. The highest BCUT2D eigenvalue weighted by molar-refractivity contribution is 6.04. The van der Waals surface area contributed by atoms with Gasteiger partial charge in [0, 0.05) is 17.3 Å². The average molecular weight is 398 g/mol. The molecule has 0 spiro atoms. The zero-order valence-corrected chi connectivity index (χ0v) is 17.5. The predicted octanol–water partition coefficient (Wildman–Crippen LogP) is 5.84. The lowest BCUT2D eigenvalue weighted by Crippen LogP contribution is -2.37. The smallest absolute Gasteiger partial charge is 0.240 e. The molecule has 0 fully saturated rings. The Bertz CT molecular complexity index is 1180. The molecule has 1 amide bonds. The van der Waals surface area contributed by atoms with Gasteiger partial charge in [0.2, 0.25) is 5.91 Å². The van der Waals surface area contributed by atoms with Gasteiger partial charge in [-0.05, 0) is 28.8 Å². The molecule has 0 saturated heterocycles. The first-order chi connectivity index (χ1) is 14.7. The number of nitrogens with zero attached hydrogens (tertiary/aromatic N) is 1. The van der Waals surface area contributed by atoms with Crippen LogP contribution in [0.2, 0.25) is 0 Å². The highest BCUT2D eigenvalue weighted by atomic mass is 16.2. The van der Waals surface area contributed by atoms with Crippen molar-refractivity contribution in [2.24, 2.45) is 0 Å². The van der Waals surface area contributed by atoms with Crippen LogP contribution in [0, 0.1) is 0 Å². The lowest BCUT2D eigenvalue weighted by Gasteiger charge is -2.23. The molecule has 0 unspecified atom stereocenters. The Morgan fingerprint density at radius 1 is 0.800 bits per heavy atom. The Morgan fingerprint density at radius 2 is 1.47 bits per heavy atom. The predicted molar refractivity (Wildman–Crippen MR) is 127 cm³/mol. The third kappa shape index (κ3) is 4.14. The quantitative estimate of drug-likeness (QED) is 0.385. The maximum atomic E-state index is 13.0. The molecular weight excluding hydrogens is 370 g/mol. The van der Waals surface area contributed by atoms with E-state index in [1.165, 1.54) is 5.39 Å². The SMILES string of the molecule is CCc1ccc2ccccc2c1NC(=O)CN(CC)Nc1cccc2ccccc12. The zero-order valence-electron chi connectivity index (χ0n) is 17.5. The maximum Gasteiger partial charge on any atom is 0.240 e. The van der Waals surface area contributed by atoms with Gasteiger partial charge in [-0.1, -0.05) is 86.6 Å². The van der Waals surface area contributed by atoms with Crippen molar-refractivity contribution in [1.82, 2.24) is 5.01 Å². The van der Waals surface area contributed by atoms with Crippen LogP contribution < -0.4 is 10.7 Å². The molecule has 0 bridgehead atoms. The number of rotatable bonds is 7. The molecule has 0 aliphatic carbocycles. The first-order valence-electron chi connectivity index (χ1n) is 10.5. The second-order valence-electron chi connectivity index (χ2n) is 7.38. The summed E-state index contributed by atoms with van der Waals surface area (Å²) in [4.78, 5) is 13.0. The number of fused-ring (bicyclic) bond motifs is 2. The van der Waals surface area contributed by atoms with Crippen LogP contribution in [0.15, 0.2) is 78.9 Å². The minimum atomic E-state index is -0.0318. The molecule has 0 radical (unpaired) electrons. The fraction of sp³-hybridized carbons (Fsp3) is 0.192. The van der Waals surface area contributed by atoms with Crippen LogP contribution >= 0.6 is 0 Å². The number of anilines is 2. The van der Waals surface area contributed by atoms with Crippen molar-refractivity contribution >= 4 is 38.8 Å². The number of hydrazine groups is 1. The van der Waals surface area contributed by atoms with Crippen molar-refractivity contribution in [2.45, 2.75) is 20.3 Å². The number of benzene rings is 4. The Kier molecular flexibility index (Phi) is 5.96. The molecule has 0 aliphatic heterocycles. The summed E-state index contributed by atoms with van der Waals surface area (Å²) in [5, 5.41) is 9.63. The highest BCUT2D eigenvalue weighted by Gasteiger charge is 2.14. The van der Waals surface area contributed by atoms with Gasteiger partial charge in [-0.25, -0.2) is 5.01 Å². The zero-order chi connectivity index (χ0) is 20.9. The van der Waals surface area contributed by atoms with Crippen LogP contribution in [0.4, 0.5) is 11.4 Å². The van der Waals surface area contributed by atoms with Crippen molar-refractivity contribution in [1.29, 1.82) is 0 Å². The van der Waals surface area contributed by atoms with Crippen molar-refractivity contribution in [3.63, 3.8) is 0 Å². The summed E-state index contributed by atoms with van der Waals surface area (Å²) in [6.07, 6.45) is 0.867. The standard InChI is InChI=1S/C26H27N3O/c1-3-19-16-17-21-11-6-8-14-23(21)26(19)27-25(30)18-29(4-2)28-24-15-9-12-20-10-5-7-13-22(20)24/h5-17,28H,3-4,18H2,1-2H3,(H,27,30). The molecule has 0 saturated carbocycles. The number of carbonyl (C=O) groups is 1. The van der Waals surface area contributed by atoms with Crippen molar-refractivity contribution in [2.75, 3.05) is 23.8 Å². The molecule has 0 atom stereocenters. The highest BCUT2D eigenvalue weighted by Crippen LogP contribution is 2.28. The van der Waals surface area contributed by atoms with Crippen LogP contribution in [0.1, 0.15) is 19.4 Å². The van der Waals surface area contributed by atoms with Crippen LogP contribution in [0.3, 0.4) is 0 Å². The number of aryl methyl sites for hydroxylation is 1. The van der Waals surface area contributed by atoms with Crippen LogP contribution in [-0.4, -0.2) is 24.0 Å². The topological polar surface area (TPSA) is 44.4 Å². The monoisotopic (exact) mass is 397 g/mol. The van der Waals surface area contributed by atoms with E-state index < -0.39 is 0 Å². The minimum Gasteiger partial charge on any atom is -0.324 e. The third-order valence-electron chi connectivity index (χ3n) is 5.45. The molecule has 4 nitrogen and oxygen atoms in total. The third-order valence-corrected chi connectivity index (χ3v) is 5.45. The fourth-order valence-electron chi connectivity index (χ4n) is 3.83. The second-order valence-corrected chi connectivity index (χ2v) is 7.38. The van der Waals surface area contributed by atoms with E-state index in [1.54, 1.807) is 0 Å². The number of amides is 1. The van der Waals surface area contributed by atoms with Crippen LogP contribution in [0.5, 0.6) is 0 Å². The molecule has 4 rings (SSSR count). The molecule has 2 N–H and O–H groups in total. The molecule has 30 heavy (non-hydrogen) atoms. The number of likely N-dealkylation sites (N-methyl/N-ethyl adjacent to an activating group) is 1. The summed E-state index contributed by atoms with van der Waals surface area (Å²) in [7, 11) is 0. The van der Waals surface area contributed by atoms with Gasteiger partial charge >= 0.3 is 0 Å². The van der Waals surface area contributed by atoms with E-state index in [9.17, 15) is 4.79 Å². The van der Waals surface area contributed by atoms with Crippen molar-refractivity contribution in [3.05, 3.63) is 84.4 Å². The number of carbonyl (C=O) groups excluding carboxylic acids is 1. The Balaban J connectivity index is 1.54. The summed E-state index contributed by atoms with van der Waals surface area (Å²) in [6, 6.07) is 26.8. The van der Waals surface area contributed by atoms with Gasteiger partial charge in [0.1, 0.15) is 0 Å². The van der Waals surface area contributed by atoms with E-state index in [0.29, 0.717) is 6.54 Å². The van der Waals surface area contributed by atoms with Gasteiger partial charge in [-0.3, -0.25) is 4.79 Å². The molecule has 0 aliphatic rings. The van der Waals surface area contributed by atoms with E-state index in [0.717, 1.165) is 39.5 Å². The lowest BCUT2D eigenvalue weighted by atomic mass is 10.0. The summed E-state index contributed by atoms with van der Waals surface area (Å²) in [5.74, 6) is -0.0318.